The topological polar surface area (TPSA) is 29.4 Å². The minimum atomic E-state index is 0.225. The van der Waals surface area contributed by atoms with Crippen molar-refractivity contribution in [3.05, 3.63) is 26.3 Å². The van der Waals surface area contributed by atoms with Gasteiger partial charge < -0.3 is 0 Å². The van der Waals surface area contributed by atoms with Crippen molar-refractivity contribution in [2.75, 3.05) is 0 Å². The molecule has 0 aliphatic heterocycles. The zero-order valence-electron chi connectivity index (χ0n) is 4.50. The van der Waals surface area contributed by atoms with Crippen LogP contribution in [0.1, 0.15) is 5.56 Å². The monoisotopic (exact) mass is 161 g/mol. The van der Waals surface area contributed by atoms with Crippen molar-refractivity contribution in [3.8, 4) is 0 Å². The second-order valence-electron chi connectivity index (χ2n) is 1.55. The van der Waals surface area contributed by atoms with Gasteiger partial charge in [-0.3, -0.25) is 0 Å². The van der Waals surface area contributed by atoms with Gasteiger partial charge in [-0.15, -0.1) is 11.3 Å². The molecule has 2 nitrogen and oxygen atoms in total. The molecule has 0 aliphatic carbocycles. The minimum Gasteiger partial charge on any atom is -0.150 e. The SMILES string of the molecule is O=NCc1csc(Cl)c1. The van der Waals surface area contributed by atoms with Crippen LogP contribution in [-0.2, 0) is 6.54 Å². The number of rotatable bonds is 2. The fourth-order valence-electron chi connectivity index (χ4n) is 0.503. The molecule has 4 heteroatoms. The summed E-state index contributed by atoms with van der Waals surface area (Å²) in [5, 5.41) is 4.54. The number of hydrogen-bond donors (Lipinski definition) is 0. The molecule has 0 bridgehead atoms. The molecule has 0 atom stereocenters. The summed E-state index contributed by atoms with van der Waals surface area (Å²) in [5.74, 6) is 0. The molecule has 0 fully saturated rings. The van der Waals surface area contributed by atoms with Gasteiger partial charge >= 0.3 is 0 Å². The molecule has 9 heavy (non-hydrogen) atoms. The van der Waals surface area contributed by atoms with Crippen molar-refractivity contribution in [1.29, 1.82) is 0 Å². The van der Waals surface area contributed by atoms with E-state index in [4.69, 9.17) is 11.6 Å². The van der Waals surface area contributed by atoms with Crippen LogP contribution in [-0.4, -0.2) is 0 Å². The molecule has 0 spiro atoms. The van der Waals surface area contributed by atoms with Crippen molar-refractivity contribution >= 4 is 22.9 Å². The third-order valence-electron chi connectivity index (χ3n) is 0.869. The average molecular weight is 162 g/mol. The van der Waals surface area contributed by atoms with E-state index in [0.29, 0.717) is 4.34 Å². The lowest BCUT2D eigenvalue weighted by molar-refractivity contribution is 1.06. The van der Waals surface area contributed by atoms with Gasteiger partial charge in [0.15, 0.2) is 0 Å². The quantitative estimate of drug-likeness (QED) is 0.614. The van der Waals surface area contributed by atoms with E-state index in [-0.39, 0.29) is 6.54 Å². The molecule has 48 valence electrons. The molecule has 0 radical (unpaired) electrons. The predicted molar refractivity (Wildman–Crippen MR) is 38.8 cm³/mol. The van der Waals surface area contributed by atoms with E-state index < -0.39 is 0 Å². The van der Waals surface area contributed by atoms with Gasteiger partial charge in [0.25, 0.3) is 0 Å². The van der Waals surface area contributed by atoms with E-state index in [2.05, 4.69) is 5.18 Å². The Hall–Kier alpha value is -0.410. The van der Waals surface area contributed by atoms with Gasteiger partial charge in [0.05, 0.1) is 4.34 Å². The Bertz CT molecular complexity index is 210. The molecule has 0 aromatic carbocycles. The van der Waals surface area contributed by atoms with Crippen molar-refractivity contribution in [2.24, 2.45) is 5.18 Å². The first-order chi connectivity index (χ1) is 4.33. The molecule has 1 aromatic rings. The van der Waals surface area contributed by atoms with Crippen molar-refractivity contribution < 1.29 is 0 Å². The normalized spacial score (nSPS) is 9.44. The largest absolute Gasteiger partial charge is 0.150 e. The second kappa shape index (κ2) is 2.94. The number of halogens is 1. The van der Waals surface area contributed by atoms with Crippen LogP contribution >= 0.6 is 22.9 Å². The van der Waals surface area contributed by atoms with Crippen LogP contribution in [0.4, 0.5) is 0 Å². The Kier molecular flexibility index (Phi) is 2.19. The molecule has 0 saturated carbocycles. The highest BCUT2D eigenvalue weighted by Gasteiger charge is 1.94. The lowest BCUT2D eigenvalue weighted by Crippen LogP contribution is -1.69. The molecule has 0 saturated heterocycles. The summed E-state index contributed by atoms with van der Waals surface area (Å²) < 4.78 is 0.702. The predicted octanol–water partition coefficient (Wildman–Crippen LogP) is 2.67. The molecule has 0 N–H and O–H groups in total. The maximum atomic E-state index is 9.70. The molecule has 0 aliphatic rings. The molecule has 1 rings (SSSR count). The zero-order valence-corrected chi connectivity index (χ0v) is 6.08. The Morgan fingerprint density at radius 2 is 2.56 bits per heavy atom. The lowest BCUT2D eigenvalue weighted by Gasteiger charge is -1.78. The van der Waals surface area contributed by atoms with Gasteiger partial charge in [0.1, 0.15) is 6.54 Å². The van der Waals surface area contributed by atoms with Crippen LogP contribution in [0.15, 0.2) is 16.6 Å². The standard InChI is InChI=1S/C5H4ClNOS/c6-5-1-4(2-7-8)3-9-5/h1,3H,2H2. The van der Waals surface area contributed by atoms with Gasteiger partial charge in [-0.2, -0.15) is 4.91 Å². The molecule has 0 amide bonds. The maximum Gasteiger partial charge on any atom is 0.107 e. The minimum absolute atomic E-state index is 0.225. The molecule has 1 aromatic heterocycles. The fraction of sp³-hybridized carbons (Fsp3) is 0.200. The number of nitroso groups, excluding NO2 is 1. The third kappa shape index (κ3) is 1.77. The summed E-state index contributed by atoms with van der Waals surface area (Å²) in [5.41, 5.74) is 0.889. The summed E-state index contributed by atoms with van der Waals surface area (Å²) in [6, 6.07) is 1.74. The smallest absolute Gasteiger partial charge is 0.107 e. The average Bonchev–Trinajstić information content (AvgIpc) is 2.17. The highest BCUT2D eigenvalue weighted by Crippen LogP contribution is 2.19. The van der Waals surface area contributed by atoms with E-state index in [1.54, 1.807) is 6.07 Å². The number of thiophene rings is 1. The van der Waals surface area contributed by atoms with E-state index >= 15 is 0 Å². The fourth-order valence-corrected chi connectivity index (χ4v) is 1.40. The van der Waals surface area contributed by atoms with Gasteiger partial charge in [0, 0.05) is 0 Å². The maximum absolute atomic E-state index is 9.70. The first-order valence-electron chi connectivity index (χ1n) is 2.35. The summed E-state index contributed by atoms with van der Waals surface area (Å²) in [7, 11) is 0. The Morgan fingerprint density at radius 1 is 1.78 bits per heavy atom. The number of nitrogens with zero attached hydrogens (tertiary/aromatic N) is 1. The summed E-state index contributed by atoms with van der Waals surface area (Å²) in [6.07, 6.45) is 0. The van der Waals surface area contributed by atoms with Gasteiger partial charge in [-0.05, 0) is 17.0 Å². The van der Waals surface area contributed by atoms with Crippen molar-refractivity contribution in [3.63, 3.8) is 0 Å². The van der Waals surface area contributed by atoms with Crippen LogP contribution in [0.25, 0.3) is 0 Å². The molecular formula is C5H4ClNOS. The van der Waals surface area contributed by atoms with Crippen molar-refractivity contribution in [1.82, 2.24) is 0 Å². The van der Waals surface area contributed by atoms with Gasteiger partial charge in [-0.1, -0.05) is 16.8 Å². The van der Waals surface area contributed by atoms with Crippen LogP contribution in [0.3, 0.4) is 0 Å². The highest BCUT2D eigenvalue weighted by molar-refractivity contribution is 7.14. The van der Waals surface area contributed by atoms with Crippen LogP contribution in [0.5, 0.6) is 0 Å². The second-order valence-corrected chi connectivity index (χ2v) is 3.09. The zero-order chi connectivity index (χ0) is 6.69. The Morgan fingerprint density at radius 3 is 3.00 bits per heavy atom. The van der Waals surface area contributed by atoms with E-state index in [9.17, 15) is 4.91 Å². The Labute approximate surface area is 61.4 Å². The van der Waals surface area contributed by atoms with E-state index in [0.717, 1.165) is 5.56 Å². The first kappa shape index (κ1) is 6.71. The molecule has 1 heterocycles. The summed E-state index contributed by atoms with van der Waals surface area (Å²) in [6.45, 7) is 0.225. The highest BCUT2D eigenvalue weighted by atomic mass is 35.5. The van der Waals surface area contributed by atoms with Crippen LogP contribution < -0.4 is 0 Å². The molecule has 0 unspecified atom stereocenters. The first-order valence-corrected chi connectivity index (χ1v) is 3.60. The van der Waals surface area contributed by atoms with Gasteiger partial charge in [-0.25, -0.2) is 0 Å². The van der Waals surface area contributed by atoms with Crippen molar-refractivity contribution in [2.45, 2.75) is 6.54 Å². The van der Waals surface area contributed by atoms with Crippen LogP contribution in [0, 0.1) is 4.91 Å². The lowest BCUT2D eigenvalue weighted by atomic mass is 10.4. The van der Waals surface area contributed by atoms with Gasteiger partial charge in [0.2, 0.25) is 0 Å². The Balaban J connectivity index is 2.72. The molecular weight excluding hydrogens is 158 g/mol. The number of hydrogen-bond acceptors (Lipinski definition) is 3. The third-order valence-corrected chi connectivity index (χ3v) is 2.01. The van der Waals surface area contributed by atoms with E-state index in [1.165, 1.54) is 11.3 Å². The van der Waals surface area contributed by atoms with E-state index in [1.807, 2.05) is 5.38 Å². The summed E-state index contributed by atoms with van der Waals surface area (Å²) >= 11 is 6.98. The summed E-state index contributed by atoms with van der Waals surface area (Å²) in [4.78, 5) is 9.70. The van der Waals surface area contributed by atoms with Crippen LogP contribution in [0.2, 0.25) is 4.34 Å².